The van der Waals surface area contributed by atoms with Gasteiger partial charge in [0.15, 0.2) is 6.04 Å². The summed E-state index contributed by atoms with van der Waals surface area (Å²) in [5, 5.41) is 17.9. The molecule has 0 saturated heterocycles. The van der Waals surface area contributed by atoms with Crippen molar-refractivity contribution < 1.29 is 19.8 Å². The monoisotopic (exact) mass is 423 g/mol. The van der Waals surface area contributed by atoms with E-state index in [0.29, 0.717) is 6.42 Å². The SMILES string of the molecule is CCCCC/C=C\C/C=C\C/C=C\C/C=C\CCCC(=O)N(P)C(CO)C(=O)O. The molecule has 0 aromatic carbocycles. The van der Waals surface area contributed by atoms with Gasteiger partial charge in [0.05, 0.1) is 6.61 Å². The number of hydrogen-bond acceptors (Lipinski definition) is 3. The van der Waals surface area contributed by atoms with Crippen LogP contribution in [0.1, 0.15) is 71.1 Å². The van der Waals surface area contributed by atoms with Crippen molar-refractivity contribution in [1.29, 1.82) is 0 Å². The van der Waals surface area contributed by atoms with E-state index < -0.39 is 18.6 Å². The molecule has 0 spiro atoms. The highest BCUT2D eigenvalue weighted by molar-refractivity contribution is 7.14. The molecule has 0 aliphatic heterocycles. The average molecular weight is 424 g/mol. The van der Waals surface area contributed by atoms with E-state index in [2.05, 4.69) is 58.8 Å². The Hall–Kier alpha value is -1.71. The first-order chi connectivity index (χ1) is 14.0. The standard InChI is InChI=1S/C23H38NO4P/c1-2-3-4-5-6-7-8-9-10-11-12-13-14-15-16-17-18-19-22(26)24(29)21(20-25)23(27)28/h6-7,9-10,12-13,15-16,21,25H,2-5,8,11,14,17-20,29H2,1H3,(H,27,28)/b7-6-,10-9-,13-12-,16-15-. The Bertz CT molecular complexity index is 555. The van der Waals surface area contributed by atoms with Crippen LogP contribution in [0.2, 0.25) is 0 Å². The lowest BCUT2D eigenvalue weighted by Gasteiger charge is -2.22. The van der Waals surface area contributed by atoms with Crippen LogP contribution in [0.5, 0.6) is 0 Å². The molecule has 0 aromatic heterocycles. The minimum Gasteiger partial charge on any atom is -0.480 e. The fourth-order valence-electron chi connectivity index (χ4n) is 2.52. The first-order valence-electron chi connectivity index (χ1n) is 10.5. The predicted molar refractivity (Wildman–Crippen MR) is 123 cm³/mol. The number of allylic oxidation sites excluding steroid dienone is 8. The molecule has 0 aromatic rings. The summed E-state index contributed by atoms with van der Waals surface area (Å²) in [6.07, 6.45) is 26.7. The minimum atomic E-state index is -1.21. The van der Waals surface area contributed by atoms with Gasteiger partial charge in [0.2, 0.25) is 5.91 Å². The normalized spacial score (nSPS) is 13.2. The Balaban J connectivity index is 3.74. The van der Waals surface area contributed by atoms with Crippen molar-refractivity contribution >= 4 is 21.3 Å². The van der Waals surface area contributed by atoms with Crippen LogP contribution in [0, 0.1) is 0 Å². The lowest BCUT2D eigenvalue weighted by Crippen LogP contribution is -2.41. The number of amides is 1. The average Bonchev–Trinajstić information content (AvgIpc) is 2.70. The van der Waals surface area contributed by atoms with E-state index in [-0.39, 0.29) is 12.3 Å². The topological polar surface area (TPSA) is 77.8 Å². The van der Waals surface area contributed by atoms with Crippen LogP contribution in [0.3, 0.4) is 0 Å². The van der Waals surface area contributed by atoms with Crippen molar-refractivity contribution in [3.05, 3.63) is 48.6 Å². The summed E-state index contributed by atoms with van der Waals surface area (Å²) < 4.78 is 1.02. The summed E-state index contributed by atoms with van der Waals surface area (Å²) in [5.41, 5.74) is 0. The van der Waals surface area contributed by atoms with Crippen LogP contribution in [-0.4, -0.2) is 39.4 Å². The highest BCUT2D eigenvalue weighted by Gasteiger charge is 2.25. The van der Waals surface area contributed by atoms with Crippen LogP contribution in [0.25, 0.3) is 0 Å². The third-order valence-corrected chi connectivity index (χ3v) is 4.95. The van der Waals surface area contributed by atoms with Crippen molar-refractivity contribution in [3.63, 3.8) is 0 Å². The molecule has 0 aliphatic rings. The number of carboxylic acids is 1. The Labute approximate surface area is 178 Å². The zero-order valence-corrected chi connectivity index (χ0v) is 18.9. The molecule has 0 heterocycles. The molecule has 0 saturated carbocycles. The van der Waals surface area contributed by atoms with Crippen molar-refractivity contribution in [2.75, 3.05) is 6.61 Å². The molecule has 6 heteroatoms. The molecule has 0 aliphatic carbocycles. The molecule has 2 N–H and O–H groups in total. The second-order valence-corrected chi connectivity index (χ2v) is 7.37. The van der Waals surface area contributed by atoms with E-state index in [4.69, 9.17) is 10.2 Å². The van der Waals surface area contributed by atoms with Gasteiger partial charge in [0.1, 0.15) is 0 Å². The molecule has 29 heavy (non-hydrogen) atoms. The number of aliphatic hydroxyl groups excluding tert-OH is 1. The molecule has 0 bridgehead atoms. The highest BCUT2D eigenvalue weighted by Crippen LogP contribution is 2.11. The maximum atomic E-state index is 11.9. The van der Waals surface area contributed by atoms with Gasteiger partial charge in [-0.3, -0.25) is 4.79 Å². The molecule has 2 atom stereocenters. The molecule has 0 radical (unpaired) electrons. The Morgan fingerprint density at radius 1 is 0.862 bits per heavy atom. The predicted octanol–water partition coefficient (Wildman–Crippen LogP) is 5.20. The van der Waals surface area contributed by atoms with E-state index in [1.807, 2.05) is 6.08 Å². The smallest absolute Gasteiger partial charge is 0.329 e. The van der Waals surface area contributed by atoms with Crippen LogP contribution in [-0.2, 0) is 9.59 Å². The Morgan fingerprint density at radius 3 is 1.79 bits per heavy atom. The van der Waals surface area contributed by atoms with E-state index in [0.717, 1.165) is 30.4 Å². The summed E-state index contributed by atoms with van der Waals surface area (Å²) in [6, 6.07) is -1.20. The van der Waals surface area contributed by atoms with Crippen molar-refractivity contribution in [1.82, 2.24) is 4.67 Å². The van der Waals surface area contributed by atoms with Crippen LogP contribution < -0.4 is 0 Å². The first-order valence-corrected chi connectivity index (χ1v) is 11.1. The van der Waals surface area contributed by atoms with E-state index in [9.17, 15) is 9.59 Å². The van der Waals surface area contributed by atoms with E-state index >= 15 is 0 Å². The zero-order valence-electron chi connectivity index (χ0n) is 17.7. The van der Waals surface area contributed by atoms with Gasteiger partial charge in [-0.15, -0.1) is 0 Å². The van der Waals surface area contributed by atoms with E-state index in [1.165, 1.54) is 25.7 Å². The molecule has 0 fully saturated rings. The second kappa shape index (κ2) is 19.6. The molecule has 2 unspecified atom stereocenters. The van der Waals surface area contributed by atoms with Crippen LogP contribution >= 0.6 is 9.39 Å². The maximum Gasteiger partial charge on any atom is 0.329 e. The fraction of sp³-hybridized carbons (Fsp3) is 0.565. The third kappa shape index (κ3) is 15.8. The Morgan fingerprint density at radius 2 is 1.34 bits per heavy atom. The molecule has 1 amide bonds. The Kier molecular flexibility index (Phi) is 18.4. The number of nitrogens with zero attached hydrogens (tertiary/aromatic N) is 1. The summed E-state index contributed by atoms with van der Waals surface area (Å²) in [6.45, 7) is 1.62. The number of carbonyl (C=O) groups excluding carboxylic acids is 1. The molecule has 0 rings (SSSR count). The number of carboxylic acid groups (broad SMARTS) is 1. The maximum absolute atomic E-state index is 11.9. The molecule has 5 nitrogen and oxygen atoms in total. The number of hydrogen-bond donors (Lipinski definition) is 2. The number of unbranched alkanes of at least 4 members (excludes halogenated alkanes) is 4. The molecular weight excluding hydrogens is 385 g/mol. The quantitative estimate of drug-likeness (QED) is 0.192. The summed E-state index contributed by atoms with van der Waals surface area (Å²) in [4.78, 5) is 22.8. The van der Waals surface area contributed by atoms with Gasteiger partial charge in [-0.1, -0.05) is 68.4 Å². The van der Waals surface area contributed by atoms with Crippen molar-refractivity contribution in [2.45, 2.75) is 77.2 Å². The summed E-state index contributed by atoms with van der Waals surface area (Å²) in [5.74, 6) is -1.51. The zero-order chi connectivity index (χ0) is 21.7. The lowest BCUT2D eigenvalue weighted by molar-refractivity contribution is -0.147. The van der Waals surface area contributed by atoms with Crippen molar-refractivity contribution in [3.8, 4) is 0 Å². The number of aliphatic hydroxyl groups is 1. The molecular formula is C23H38NO4P. The largest absolute Gasteiger partial charge is 0.480 e. The fourth-order valence-corrected chi connectivity index (χ4v) is 2.87. The summed E-state index contributed by atoms with van der Waals surface area (Å²) >= 11 is 0. The van der Waals surface area contributed by atoms with Gasteiger partial charge >= 0.3 is 5.97 Å². The van der Waals surface area contributed by atoms with Crippen molar-refractivity contribution in [2.24, 2.45) is 0 Å². The lowest BCUT2D eigenvalue weighted by atomic mass is 10.2. The van der Waals surface area contributed by atoms with E-state index in [1.54, 1.807) is 0 Å². The van der Waals surface area contributed by atoms with Gasteiger partial charge in [-0.05, 0) is 54.3 Å². The minimum absolute atomic E-state index is 0.255. The number of carbonyl (C=O) groups is 2. The van der Waals surface area contributed by atoms with Gasteiger partial charge in [0, 0.05) is 6.42 Å². The van der Waals surface area contributed by atoms with Crippen LogP contribution in [0.4, 0.5) is 0 Å². The van der Waals surface area contributed by atoms with Crippen LogP contribution in [0.15, 0.2) is 48.6 Å². The first kappa shape index (κ1) is 27.3. The van der Waals surface area contributed by atoms with Gasteiger partial charge in [0.25, 0.3) is 0 Å². The summed E-state index contributed by atoms with van der Waals surface area (Å²) in [7, 11) is 2.09. The van der Waals surface area contributed by atoms with Gasteiger partial charge < -0.3 is 14.9 Å². The second-order valence-electron chi connectivity index (χ2n) is 6.82. The molecule has 164 valence electrons. The van der Waals surface area contributed by atoms with Gasteiger partial charge in [-0.25, -0.2) is 4.79 Å². The number of rotatable bonds is 17. The third-order valence-electron chi connectivity index (χ3n) is 4.30. The van der Waals surface area contributed by atoms with Gasteiger partial charge in [-0.2, -0.15) is 0 Å². The number of aliphatic carboxylic acids is 1. The highest BCUT2D eigenvalue weighted by atomic mass is 31.0.